The highest BCUT2D eigenvalue weighted by Crippen LogP contribution is 2.19. The fraction of sp³-hybridized carbons (Fsp3) is 0.300. The summed E-state index contributed by atoms with van der Waals surface area (Å²) in [6.07, 6.45) is 0. The van der Waals surface area contributed by atoms with Crippen molar-refractivity contribution < 1.29 is 4.74 Å². The van der Waals surface area contributed by atoms with Crippen molar-refractivity contribution in [3.8, 4) is 0 Å². The highest BCUT2D eigenvalue weighted by atomic mass is 16.5. The number of methoxy groups -OCH3 is 1. The zero-order valence-electron chi connectivity index (χ0n) is 8.10. The number of anilines is 1. The lowest BCUT2D eigenvalue weighted by molar-refractivity contribution is 0.185. The molecule has 0 amide bonds. The van der Waals surface area contributed by atoms with E-state index >= 15 is 0 Å². The van der Waals surface area contributed by atoms with Gasteiger partial charge in [0.15, 0.2) is 5.82 Å². The highest BCUT2D eigenvalue weighted by molar-refractivity contribution is 5.88. The van der Waals surface area contributed by atoms with Crippen LogP contribution in [-0.2, 0) is 11.3 Å². The molecule has 0 fully saturated rings. The molecular formula is C10H13N3O. The Kier molecular flexibility index (Phi) is 2.37. The lowest BCUT2D eigenvalue weighted by Gasteiger charge is -2.00. The van der Waals surface area contributed by atoms with Crippen molar-refractivity contribution in [3.05, 3.63) is 24.3 Å². The number of rotatable bonds is 3. The van der Waals surface area contributed by atoms with Gasteiger partial charge in [0.1, 0.15) is 0 Å². The Morgan fingerprint density at radius 3 is 3.00 bits per heavy atom. The molecule has 0 unspecified atom stereocenters. The molecule has 0 bridgehead atoms. The molecule has 4 nitrogen and oxygen atoms in total. The molecular weight excluding hydrogens is 178 g/mol. The Labute approximate surface area is 82.3 Å². The summed E-state index contributed by atoms with van der Waals surface area (Å²) in [7, 11) is 1.68. The molecule has 2 N–H and O–H groups in total. The van der Waals surface area contributed by atoms with E-state index in [4.69, 9.17) is 10.5 Å². The second-order valence-electron chi connectivity index (χ2n) is 3.12. The highest BCUT2D eigenvalue weighted by Gasteiger charge is 2.05. The maximum absolute atomic E-state index is 5.78. The van der Waals surface area contributed by atoms with E-state index < -0.39 is 0 Å². The number of nitrogen functional groups attached to an aromatic ring is 1. The summed E-state index contributed by atoms with van der Waals surface area (Å²) >= 11 is 0. The lowest BCUT2D eigenvalue weighted by atomic mass is 10.2. The number of nitrogens with two attached hydrogens (primary N) is 1. The normalized spacial score (nSPS) is 10.9. The van der Waals surface area contributed by atoms with Crippen LogP contribution in [0.2, 0.25) is 0 Å². The van der Waals surface area contributed by atoms with Crippen LogP contribution < -0.4 is 5.73 Å². The molecule has 74 valence electrons. The second kappa shape index (κ2) is 3.67. The minimum atomic E-state index is 0.580. The van der Waals surface area contributed by atoms with Crippen molar-refractivity contribution >= 4 is 16.7 Å². The number of benzene rings is 1. The lowest BCUT2D eigenvalue weighted by Crippen LogP contribution is -2.05. The van der Waals surface area contributed by atoms with Crippen molar-refractivity contribution in [2.45, 2.75) is 6.54 Å². The van der Waals surface area contributed by atoms with Crippen LogP contribution in [0.25, 0.3) is 10.9 Å². The Balaban J connectivity index is 2.44. The first-order chi connectivity index (χ1) is 6.83. The molecule has 0 spiro atoms. The molecule has 0 saturated carbocycles. The topological polar surface area (TPSA) is 53.1 Å². The summed E-state index contributed by atoms with van der Waals surface area (Å²) in [6.45, 7) is 1.37. The van der Waals surface area contributed by atoms with Gasteiger partial charge in [0.05, 0.1) is 18.7 Å². The van der Waals surface area contributed by atoms with Crippen LogP contribution in [0, 0.1) is 0 Å². The molecule has 1 heterocycles. The van der Waals surface area contributed by atoms with E-state index in [1.54, 1.807) is 7.11 Å². The van der Waals surface area contributed by atoms with Gasteiger partial charge in [0.2, 0.25) is 0 Å². The van der Waals surface area contributed by atoms with Gasteiger partial charge < -0.3 is 10.5 Å². The predicted molar refractivity (Wildman–Crippen MR) is 56.0 cm³/mol. The molecule has 0 saturated heterocycles. The van der Waals surface area contributed by atoms with Gasteiger partial charge in [0.25, 0.3) is 0 Å². The Morgan fingerprint density at radius 1 is 1.43 bits per heavy atom. The van der Waals surface area contributed by atoms with Gasteiger partial charge in [-0.1, -0.05) is 12.1 Å². The van der Waals surface area contributed by atoms with E-state index in [0.29, 0.717) is 12.4 Å². The Hall–Kier alpha value is -1.55. The van der Waals surface area contributed by atoms with Crippen LogP contribution in [0.5, 0.6) is 0 Å². The summed E-state index contributed by atoms with van der Waals surface area (Å²) in [5, 5.41) is 5.25. The first-order valence-electron chi connectivity index (χ1n) is 4.53. The standard InChI is InChI=1S/C10H13N3O/c1-14-7-6-13-9-5-3-2-4-8(9)10(11)12-13/h2-5H,6-7H2,1H3,(H2,11,12). The SMILES string of the molecule is COCCn1nc(N)c2ccccc21. The molecule has 1 aromatic carbocycles. The number of aromatic nitrogens is 2. The third kappa shape index (κ3) is 1.44. The molecule has 0 aliphatic carbocycles. The van der Waals surface area contributed by atoms with Crippen LogP contribution in [0.3, 0.4) is 0 Å². The molecule has 0 aliphatic rings. The Morgan fingerprint density at radius 2 is 2.21 bits per heavy atom. The summed E-state index contributed by atoms with van der Waals surface area (Å²) in [4.78, 5) is 0. The van der Waals surface area contributed by atoms with Gasteiger partial charge in [-0.25, -0.2) is 0 Å². The minimum absolute atomic E-state index is 0.580. The van der Waals surface area contributed by atoms with Gasteiger partial charge in [0, 0.05) is 12.5 Å². The second-order valence-corrected chi connectivity index (χ2v) is 3.12. The van der Waals surface area contributed by atoms with Crippen LogP contribution in [-0.4, -0.2) is 23.5 Å². The molecule has 2 aromatic rings. The van der Waals surface area contributed by atoms with Crippen LogP contribution >= 0.6 is 0 Å². The van der Waals surface area contributed by atoms with E-state index in [9.17, 15) is 0 Å². The predicted octanol–water partition coefficient (Wildman–Crippen LogP) is 1.26. The average molecular weight is 191 g/mol. The number of hydrogen-bond donors (Lipinski definition) is 1. The fourth-order valence-electron chi connectivity index (χ4n) is 1.50. The maximum Gasteiger partial charge on any atom is 0.153 e. The summed E-state index contributed by atoms with van der Waals surface area (Å²) in [6, 6.07) is 7.92. The van der Waals surface area contributed by atoms with Crippen LogP contribution in [0.15, 0.2) is 24.3 Å². The third-order valence-corrected chi connectivity index (χ3v) is 2.19. The maximum atomic E-state index is 5.78. The molecule has 0 atom stereocenters. The van der Waals surface area contributed by atoms with E-state index in [1.807, 2.05) is 28.9 Å². The van der Waals surface area contributed by atoms with E-state index in [-0.39, 0.29) is 0 Å². The molecule has 1 aromatic heterocycles. The zero-order valence-corrected chi connectivity index (χ0v) is 8.10. The third-order valence-electron chi connectivity index (χ3n) is 2.19. The number of nitrogens with zero attached hydrogens (tertiary/aromatic N) is 2. The van der Waals surface area contributed by atoms with Gasteiger partial charge in [-0.15, -0.1) is 0 Å². The van der Waals surface area contributed by atoms with Crippen molar-refractivity contribution in [2.24, 2.45) is 0 Å². The smallest absolute Gasteiger partial charge is 0.153 e. The van der Waals surface area contributed by atoms with E-state index in [0.717, 1.165) is 17.4 Å². The molecule has 14 heavy (non-hydrogen) atoms. The van der Waals surface area contributed by atoms with Crippen molar-refractivity contribution in [1.82, 2.24) is 9.78 Å². The summed E-state index contributed by atoms with van der Waals surface area (Å²) in [5.74, 6) is 0.580. The largest absolute Gasteiger partial charge is 0.383 e. The molecule has 0 radical (unpaired) electrons. The first-order valence-corrected chi connectivity index (χ1v) is 4.53. The number of para-hydroxylation sites is 1. The van der Waals surface area contributed by atoms with Crippen molar-refractivity contribution in [3.63, 3.8) is 0 Å². The monoisotopic (exact) mass is 191 g/mol. The van der Waals surface area contributed by atoms with E-state index in [2.05, 4.69) is 5.10 Å². The van der Waals surface area contributed by atoms with Crippen molar-refractivity contribution in [2.75, 3.05) is 19.5 Å². The van der Waals surface area contributed by atoms with Crippen LogP contribution in [0.4, 0.5) is 5.82 Å². The average Bonchev–Trinajstić information content (AvgIpc) is 2.54. The summed E-state index contributed by atoms with van der Waals surface area (Å²) < 4.78 is 6.87. The van der Waals surface area contributed by atoms with Gasteiger partial charge in [-0.2, -0.15) is 5.10 Å². The van der Waals surface area contributed by atoms with Gasteiger partial charge >= 0.3 is 0 Å². The Bertz CT molecular complexity index is 436. The number of ether oxygens (including phenoxy) is 1. The number of hydrogen-bond acceptors (Lipinski definition) is 3. The van der Waals surface area contributed by atoms with E-state index in [1.165, 1.54) is 0 Å². The molecule has 2 rings (SSSR count). The first kappa shape index (κ1) is 9.02. The fourth-order valence-corrected chi connectivity index (χ4v) is 1.50. The van der Waals surface area contributed by atoms with Gasteiger partial charge in [-0.3, -0.25) is 4.68 Å². The van der Waals surface area contributed by atoms with Crippen LogP contribution in [0.1, 0.15) is 0 Å². The van der Waals surface area contributed by atoms with Crippen molar-refractivity contribution in [1.29, 1.82) is 0 Å². The van der Waals surface area contributed by atoms with Gasteiger partial charge in [-0.05, 0) is 12.1 Å². The summed E-state index contributed by atoms with van der Waals surface area (Å²) in [5.41, 5.74) is 6.83. The zero-order chi connectivity index (χ0) is 9.97. The number of fused-ring (bicyclic) bond motifs is 1. The minimum Gasteiger partial charge on any atom is -0.383 e. The quantitative estimate of drug-likeness (QED) is 0.794. The molecule has 0 aliphatic heterocycles. The molecule has 4 heteroatoms.